The quantitative estimate of drug-likeness (QED) is 0.805. The van der Waals surface area contributed by atoms with E-state index in [-0.39, 0.29) is 11.6 Å². The molecular formula is C18H18N2O4. The summed E-state index contributed by atoms with van der Waals surface area (Å²) in [6.45, 7) is 1.11. The number of carbonyl (C=O) groups excluding carboxylic acids is 2. The largest absolute Gasteiger partial charge is 0.497 e. The molecule has 3 rings (SSSR count). The average molecular weight is 326 g/mol. The zero-order valence-corrected chi connectivity index (χ0v) is 13.6. The van der Waals surface area contributed by atoms with Crippen LogP contribution in [0.5, 0.6) is 5.75 Å². The summed E-state index contributed by atoms with van der Waals surface area (Å²) in [5.74, 6) is 0.0640. The highest BCUT2D eigenvalue weighted by atomic mass is 16.5. The summed E-state index contributed by atoms with van der Waals surface area (Å²) in [5, 5.41) is 0. The van der Waals surface area contributed by atoms with Crippen LogP contribution in [0.15, 0.2) is 36.4 Å². The minimum absolute atomic E-state index is 0.149. The SMILES string of the molecule is COC(=O)c1ccc2c(n1)C(=O)N(Cc1ccc(OC)cc1)CC2. The monoisotopic (exact) mass is 326 g/mol. The number of aromatic nitrogens is 1. The van der Waals surface area contributed by atoms with Gasteiger partial charge in [-0.05, 0) is 35.7 Å². The van der Waals surface area contributed by atoms with Gasteiger partial charge < -0.3 is 14.4 Å². The summed E-state index contributed by atoms with van der Waals surface area (Å²) in [6, 6.07) is 11.0. The predicted molar refractivity (Wildman–Crippen MR) is 87.0 cm³/mol. The molecule has 0 radical (unpaired) electrons. The van der Waals surface area contributed by atoms with E-state index in [1.54, 1.807) is 24.1 Å². The third-order valence-electron chi connectivity index (χ3n) is 4.05. The van der Waals surface area contributed by atoms with Crippen molar-refractivity contribution in [3.05, 3.63) is 58.9 Å². The predicted octanol–water partition coefficient (Wildman–Crippen LogP) is 2.08. The first kappa shape index (κ1) is 16.0. The topological polar surface area (TPSA) is 68.7 Å². The number of nitrogens with zero attached hydrogens (tertiary/aromatic N) is 2. The molecule has 0 N–H and O–H groups in total. The van der Waals surface area contributed by atoms with Crippen LogP contribution in [0.2, 0.25) is 0 Å². The molecule has 0 aliphatic carbocycles. The zero-order chi connectivity index (χ0) is 17.1. The molecule has 0 atom stereocenters. The van der Waals surface area contributed by atoms with Crippen LogP contribution in [0.3, 0.4) is 0 Å². The zero-order valence-electron chi connectivity index (χ0n) is 13.6. The molecule has 1 aliphatic heterocycles. The van der Waals surface area contributed by atoms with Crippen molar-refractivity contribution in [2.45, 2.75) is 13.0 Å². The molecule has 1 aromatic heterocycles. The Bertz CT molecular complexity index is 771. The molecule has 6 heteroatoms. The highest BCUT2D eigenvalue weighted by Gasteiger charge is 2.27. The van der Waals surface area contributed by atoms with Crippen LogP contribution in [0.25, 0.3) is 0 Å². The minimum atomic E-state index is -0.544. The second-order valence-corrected chi connectivity index (χ2v) is 5.52. The average Bonchev–Trinajstić information content (AvgIpc) is 2.63. The van der Waals surface area contributed by atoms with E-state index in [0.717, 1.165) is 16.9 Å². The smallest absolute Gasteiger partial charge is 0.356 e. The van der Waals surface area contributed by atoms with E-state index in [1.165, 1.54) is 7.11 Å². The third kappa shape index (κ3) is 3.08. The maximum Gasteiger partial charge on any atom is 0.356 e. The molecule has 0 fully saturated rings. The summed E-state index contributed by atoms with van der Waals surface area (Å²) in [4.78, 5) is 30.2. The normalized spacial score (nSPS) is 13.4. The molecule has 124 valence electrons. The van der Waals surface area contributed by atoms with Crippen LogP contribution in [0.4, 0.5) is 0 Å². The maximum atomic E-state index is 12.7. The Morgan fingerprint density at radius 2 is 1.92 bits per heavy atom. The van der Waals surface area contributed by atoms with E-state index in [9.17, 15) is 9.59 Å². The van der Waals surface area contributed by atoms with Crippen LogP contribution in [0, 0.1) is 0 Å². The number of ether oxygens (including phenoxy) is 2. The van der Waals surface area contributed by atoms with Gasteiger partial charge in [-0.25, -0.2) is 9.78 Å². The van der Waals surface area contributed by atoms with Crippen molar-refractivity contribution in [1.29, 1.82) is 0 Å². The molecule has 0 saturated carbocycles. The summed E-state index contributed by atoms with van der Waals surface area (Å²) in [7, 11) is 2.91. The Labute approximate surface area is 140 Å². The molecule has 1 aromatic carbocycles. The van der Waals surface area contributed by atoms with Crippen molar-refractivity contribution in [2.24, 2.45) is 0 Å². The molecule has 0 saturated heterocycles. The second-order valence-electron chi connectivity index (χ2n) is 5.52. The number of pyridine rings is 1. The molecule has 24 heavy (non-hydrogen) atoms. The first-order valence-electron chi connectivity index (χ1n) is 7.63. The Morgan fingerprint density at radius 3 is 2.58 bits per heavy atom. The first-order valence-corrected chi connectivity index (χ1v) is 7.63. The number of hydrogen-bond donors (Lipinski definition) is 0. The third-order valence-corrected chi connectivity index (χ3v) is 4.05. The fourth-order valence-electron chi connectivity index (χ4n) is 2.70. The van der Waals surface area contributed by atoms with Gasteiger partial charge in [-0.2, -0.15) is 0 Å². The number of methoxy groups -OCH3 is 2. The minimum Gasteiger partial charge on any atom is -0.497 e. The molecule has 1 amide bonds. The van der Waals surface area contributed by atoms with Crippen LogP contribution in [0.1, 0.15) is 32.1 Å². The van der Waals surface area contributed by atoms with Crippen molar-refractivity contribution < 1.29 is 19.1 Å². The lowest BCUT2D eigenvalue weighted by molar-refractivity contribution is 0.0593. The van der Waals surface area contributed by atoms with Crippen molar-refractivity contribution in [3.8, 4) is 5.75 Å². The molecular weight excluding hydrogens is 308 g/mol. The molecule has 1 aliphatic rings. The van der Waals surface area contributed by atoms with E-state index < -0.39 is 5.97 Å². The van der Waals surface area contributed by atoms with Crippen LogP contribution in [-0.4, -0.2) is 42.5 Å². The van der Waals surface area contributed by atoms with Crippen LogP contribution in [-0.2, 0) is 17.7 Å². The van der Waals surface area contributed by atoms with Gasteiger partial charge in [0, 0.05) is 13.1 Å². The van der Waals surface area contributed by atoms with Crippen molar-refractivity contribution in [1.82, 2.24) is 9.88 Å². The van der Waals surface area contributed by atoms with Crippen molar-refractivity contribution >= 4 is 11.9 Å². The number of rotatable bonds is 4. The molecule has 0 unspecified atom stereocenters. The van der Waals surface area contributed by atoms with E-state index in [0.29, 0.717) is 25.2 Å². The van der Waals surface area contributed by atoms with Gasteiger partial charge in [0.1, 0.15) is 17.1 Å². The molecule has 2 heterocycles. The number of benzene rings is 1. The van der Waals surface area contributed by atoms with Crippen LogP contribution >= 0.6 is 0 Å². The summed E-state index contributed by atoms with van der Waals surface area (Å²) >= 11 is 0. The summed E-state index contributed by atoms with van der Waals surface area (Å²) < 4.78 is 9.81. The first-order chi connectivity index (χ1) is 11.6. The summed E-state index contributed by atoms with van der Waals surface area (Å²) in [5.41, 5.74) is 2.35. The number of hydrogen-bond acceptors (Lipinski definition) is 5. The van der Waals surface area contributed by atoms with E-state index in [4.69, 9.17) is 4.74 Å². The number of esters is 1. The van der Waals surface area contributed by atoms with Gasteiger partial charge in [0.25, 0.3) is 5.91 Å². The van der Waals surface area contributed by atoms with Gasteiger partial charge in [-0.3, -0.25) is 4.79 Å². The van der Waals surface area contributed by atoms with Crippen LogP contribution < -0.4 is 4.74 Å². The van der Waals surface area contributed by atoms with Gasteiger partial charge in [0.05, 0.1) is 14.2 Å². The van der Waals surface area contributed by atoms with Crippen molar-refractivity contribution in [2.75, 3.05) is 20.8 Å². The van der Waals surface area contributed by atoms with Gasteiger partial charge >= 0.3 is 5.97 Å². The number of amides is 1. The van der Waals surface area contributed by atoms with Crippen molar-refractivity contribution in [3.63, 3.8) is 0 Å². The van der Waals surface area contributed by atoms with Gasteiger partial charge in [-0.15, -0.1) is 0 Å². The highest BCUT2D eigenvalue weighted by molar-refractivity contribution is 5.96. The van der Waals surface area contributed by atoms with Gasteiger partial charge in [-0.1, -0.05) is 18.2 Å². The molecule has 0 spiro atoms. The second kappa shape index (κ2) is 6.70. The maximum absolute atomic E-state index is 12.7. The Hall–Kier alpha value is -2.89. The molecule has 6 nitrogen and oxygen atoms in total. The standard InChI is InChI=1S/C18H18N2O4/c1-23-14-6-3-12(4-7-14)11-20-10-9-13-5-8-15(18(22)24-2)19-16(13)17(20)21/h3-8H,9-11H2,1-2H3. The number of fused-ring (bicyclic) bond motifs is 1. The van der Waals surface area contributed by atoms with Gasteiger partial charge in [0.15, 0.2) is 0 Å². The van der Waals surface area contributed by atoms with E-state index >= 15 is 0 Å². The Kier molecular flexibility index (Phi) is 4.46. The summed E-state index contributed by atoms with van der Waals surface area (Å²) in [6.07, 6.45) is 0.714. The highest BCUT2D eigenvalue weighted by Crippen LogP contribution is 2.21. The van der Waals surface area contributed by atoms with E-state index in [1.807, 2.05) is 24.3 Å². The lowest BCUT2D eigenvalue weighted by Gasteiger charge is -2.28. The number of carbonyl (C=O) groups is 2. The fraction of sp³-hybridized carbons (Fsp3) is 0.278. The van der Waals surface area contributed by atoms with E-state index in [2.05, 4.69) is 9.72 Å². The Morgan fingerprint density at radius 1 is 1.17 bits per heavy atom. The van der Waals surface area contributed by atoms with Gasteiger partial charge in [0.2, 0.25) is 0 Å². The fourth-order valence-corrected chi connectivity index (χ4v) is 2.70. The molecule has 0 bridgehead atoms. The Balaban J connectivity index is 1.81. The lowest BCUT2D eigenvalue weighted by atomic mass is 10.0. The molecule has 2 aromatic rings. The lowest BCUT2D eigenvalue weighted by Crippen LogP contribution is -2.38.